The van der Waals surface area contributed by atoms with Gasteiger partial charge in [-0.05, 0) is 42.0 Å². The number of carboxylic acids is 1. The number of anilines is 2. The number of pyridine rings is 1. The number of aliphatic hydroxyl groups excluding tert-OH is 1. The maximum absolute atomic E-state index is 15.5. The van der Waals surface area contributed by atoms with E-state index in [2.05, 4.69) is 21.2 Å². The van der Waals surface area contributed by atoms with Crippen LogP contribution in [0.2, 0.25) is 0 Å². The van der Waals surface area contributed by atoms with Gasteiger partial charge in [0.15, 0.2) is 5.82 Å². The smallest absolute Gasteiger partial charge is 0.341 e. The number of rotatable bonds is 5. The number of hydrogen-bond donors (Lipinski definition) is 4. The minimum absolute atomic E-state index is 0.114. The Hall–Kier alpha value is -3.02. The first-order valence-corrected chi connectivity index (χ1v) is 10.8. The van der Waals surface area contributed by atoms with Crippen LogP contribution >= 0.6 is 15.9 Å². The van der Waals surface area contributed by atoms with E-state index >= 15 is 4.39 Å². The fraction of sp³-hybridized carbons (Fsp3) is 0.273. The average molecular weight is 523 g/mol. The molecule has 4 rings (SSSR count). The molecule has 2 aromatic carbocycles. The maximum atomic E-state index is 15.5. The lowest BCUT2D eigenvalue weighted by atomic mass is 10.00. The molecule has 0 aliphatic carbocycles. The number of aromatic carboxylic acids is 1. The summed E-state index contributed by atoms with van der Waals surface area (Å²) in [6.07, 6.45) is 1.09. The highest BCUT2D eigenvalue weighted by Gasteiger charge is 2.32. The Morgan fingerprint density at radius 3 is 2.58 bits per heavy atom. The minimum atomic E-state index is -1.51. The van der Waals surface area contributed by atoms with Gasteiger partial charge in [0.05, 0.1) is 39.0 Å². The third-order valence-corrected chi connectivity index (χ3v) is 6.75. The molecule has 0 atom stereocenters. The molecule has 8 nitrogen and oxygen atoms in total. The predicted molar refractivity (Wildman–Crippen MR) is 124 cm³/mol. The summed E-state index contributed by atoms with van der Waals surface area (Å²) in [7, 11) is 1.81. The molecule has 1 aromatic heterocycles. The number of benzene rings is 2. The molecule has 2 heterocycles. The van der Waals surface area contributed by atoms with Crippen LogP contribution in [0.15, 0.2) is 27.6 Å². The Morgan fingerprint density at radius 1 is 1.33 bits per heavy atom. The molecule has 0 bridgehead atoms. The molecule has 0 saturated carbocycles. The second kappa shape index (κ2) is 8.40. The minimum Gasteiger partial charge on any atom is -0.477 e. The molecule has 1 aliphatic heterocycles. The number of nitrogens with zero attached hydrogens (tertiary/aromatic N) is 2. The van der Waals surface area contributed by atoms with E-state index in [1.54, 1.807) is 6.92 Å². The van der Waals surface area contributed by atoms with Crippen molar-refractivity contribution in [2.24, 2.45) is 0 Å². The number of halogens is 3. The van der Waals surface area contributed by atoms with Gasteiger partial charge in [0.25, 0.3) is 0 Å². The van der Waals surface area contributed by atoms with Crippen molar-refractivity contribution < 1.29 is 23.8 Å². The summed E-state index contributed by atoms with van der Waals surface area (Å²) in [6.45, 7) is 2.12. The molecule has 0 radical (unpaired) electrons. The molecular weight excluding hydrogens is 502 g/mol. The number of nitrogens with one attached hydrogen (secondary N) is 1. The van der Waals surface area contributed by atoms with Gasteiger partial charge in [-0.1, -0.05) is 0 Å². The Bertz CT molecular complexity index is 1370. The molecule has 1 saturated heterocycles. The van der Waals surface area contributed by atoms with Gasteiger partial charge in [0, 0.05) is 36.5 Å². The van der Waals surface area contributed by atoms with Crippen molar-refractivity contribution in [3.8, 4) is 5.69 Å². The van der Waals surface area contributed by atoms with Gasteiger partial charge in [0.2, 0.25) is 5.43 Å². The highest BCUT2D eigenvalue weighted by atomic mass is 79.9. The number of hydrogen-bond acceptors (Lipinski definition) is 6. The lowest BCUT2D eigenvalue weighted by Crippen LogP contribution is -2.57. The van der Waals surface area contributed by atoms with E-state index in [1.165, 1.54) is 10.6 Å². The van der Waals surface area contributed by atoms with E-state index in [1.807, 2.05) is 11.9 Å². The van der Waals surface area contributed by atoms with Gasteiger partial charge >= 0.3 is 5.97 Å². The number of carboxylic acid groups (broad SMARTS) is 1. The molecule has 11 heteroatoms. The molecular formula is C22H21BrF2N4O4. The first-order valence-electron chi connectivity index (χ1n) is 10.0. The van der Waals surface area contributed by atoms with Crippen molar-refractivity contribution >= 4 is 44.2 Å². The molecule has 0 unspecified atom stereocenters. The number of fused-ring (bicyclic) bond motifs is 1. The first-order chi connectivity index (χ1) is 15.6. The zero-order valence-electron chi connectivity index (χ0n) is 17.7. The number of nitrogens with two attached hydrogens (primary N) is 1. The lowest BCUT2D eigenvalue weighted by molar-refractivity contribution is 0.0695. The number of likely N-dealkylation sites (N-methyl/N-ethyl adjacent to an activating group) is 1. The average Bonchev–Trinajstić information content (AvgIpc) is 2.74. The monoisotopic (exact) mass is 522 g/mol. The van der Waals surface area contributed by atoms with Gasteiger partial charge in [-0.3, -0.25) is 4.79 Å². The molecule has 0 amide bonds. The highest BCUT2D eigenvalue weighted by Crippen LogP contribution is 2.40. The number of nitrogen functional groups attached to an aromatic ring is 1. The fourth-order valence-electron chi connectivity index (χ4n) is 4.21. The summed E-state index contributed by atoms with van der Waals surface area (Å²) in [5, 5.41) is 22.4. The standard InChI is InChI=1S/C22H21BrF2N4O4/c1-9-19-16(17(23)18(25)20(9)28-5-11(6-28)27-2)21(31)12(22(32)33)7-29(19)15-4-14(26)13(24)3-10(15)8-30/h3-4,7,11,27,30H,5-6,8,26H2,1-2H3,(H,32,33). The van der Waals surface area contributed by atoms with Crippen LogP contribution in [0.25, 0.3) is 16.6 Å². The third kappa shape index (κ3) is 3.56. The van der Waals surface area contributed by atoms with Crippen molar-refractivity contribution in [2.75, 3.05) is 30.8 Å². The molecule has 0 spiro atoms. The lowest BCUT2D eigenvalue weighted by Gasteiger charge is -2.42. The van der Waals surface area contributed by atoms with E-state index in [0.29, 0.717) is 18.7 Å². The molecule has 33 heavy (non-hydrogen) atoms. The Kier molecular flexibility index (Phi) is 5.89. The zero-order chi connectivity index (χ0) is 24.2. The van der Waals surface area contributed by atoms with Crippen LogP contribution in [-0.2, 0) is 6.61 Å². The van der Waals surface area contributed by atoms with Gasteiger partial charge < -0.3 is 30.7 Å². The summed E-state index contributed by atoms with van der Waals surface area (Å²) in [6, 6.07) is 2.46. The Balaban J connectivity index is 2.16. The molecule has 1 aliphatic rings. The van der Waals surface area contributed by atoms with Crippen LogP contribution in [0.4, 0.5) is 20.2 Å². The van der Waals surface area contributed by atoms with Gasteiger partial charge in [-0.15, -0.1) is 0 Å². The molecule has 5 N–H and O–H groups in total. The van der Waals surface area contributed by atoms with Crippen LogP contribution in [0, 0.1) is 18.6 Å². The summed E-state index contributed by atoms with van der Waals surface area (Å²) < 4.78 is 30.7. The summed E-state index contributed by atoms with van der Waals surface area (Å²) >= 11 is 3.16. The largest absolute Gasteiger partial charge is 0.477 e. The SMILES string of the molecule is CNC1CN(c2c(F)c(Br)c3c(=O)c(C(=O)O)cn(-c4cc(N)c(F)cc4CO)c3c2C)C1. The number of carbonyl (C=O) groups is 1. The molecule has 1 fully saturated rings. The van der Waals surface area contributed by atoms with Crippen molar-refractivity contribution in [1.82, 2.24) is 9.88 Å². The number of aryl methyl sites for hydroxylation is 1. The van der Waals surface area contributed by atoms with Crippen molar-refractivity contribution in [3.05, 3.63) is 61.4 Å². The van der Waals surface area contributed by atoms with E-state index in [-0.39, 0.29) is 44.0 Å². The van der Waals surface area contributed by atoms with Gasteiger partial charge in [-0.25, -0.2) is 13.6 Å². The second-order valence-electron chi connectivity index (χ2n) is 7.92. The third-order valence-electron chi connectivity index (χ3n) is 6.00. The quantitative estimate of drug-likeness (QED) is 0.380. The van der Waals surface area contributed by atoms with Crippen molar-refractivity contribution in [3.63, 3.8) is 0 Å². The van der Waals surface area contributed by atoms with Crippen LogP contribution in [-0.4, -0.2) is 46.9 Å². The first kappa shape index (κ1) is 23.1. The van der Waals surface area contributed by atoms with E-state index in [0.717, 1.165) is 12.3 Å². The number of aromatic nitrogens is 1. The van der Waals surface area contributed by atoms with Gasteiger partial charge in [-0.2, -0.15) is 0 Å². The number of aliphatic hydroxyl groups is 1. The van der Waals surface area contributed by atoms with Crippen molar-refractivity contribution in [1.29, 1.82) is 0 Å². The summed E-state index contributed by atoms with van der Waals surface area (Å²) in [4.78, 5) is 26.7. The van der Waals surface area contributed by atoms with E-state index in [9.17, 15) is 24.2 Å². The normalized spacial score (nSPS) is 14.1. The Morgan fingerprint density at radius 2 is 2.00 bits per heavy atom. The zero-order valence-corrected chi connectivity index (χ0v) is 19.3. The summed E-state index contributed by atoms with van der Waals surface area (Å²) in [5.74, 6) is -2.94. The summed E-state index contributed by atoms with van der Waals surface area (Å²) in [5.41, 5.74) is 5.21. The molecule has 3 aromatic rings. The highest BCUT2D eigenvalue weighted by molar-refractivity contribution is 9.10. The van der Waals surface area contributed by atoms with Crippen LogP contribution < -0.4 is 21.4 Å². The second-order valence-corrected chi connectivity index (χ2v) is 8.72. The van der Waals surface area contributed by atoms with E-state index < -0.39 is 35.2 Å². The van der Waals surface area contributed by atoms with E-state index in [4.69, 9.17) is 5.73 Å². The van der Waals surface area contributed by atoms with Crippen LogP contribution in [0.3, 0.4) is 0 Å². The predicted octanol–water partition coefficient (Wildman–Crippen LogP) is 2.52. The topological polar surface area (TPSA) is 121 Å². The fourth-order valence-corrected chi connectivity index (χ4v) is 4.76. The Labute approximate surface area is 195 Å². The molecule has 174 valence electrons. The van der Waals surface area contributed by atoms with Gasteiger partial charge in [0.1, 0.15) is 11.4 Å². The maximum Gasteiger partial charge on any atom is 0.341 e. The van der Waals surface area contributed by atoms with Crippen LogP contribution in [0.5, 0.6) is 0 Å². The van der Waals surface area contributed by atoms with Crippen LogP contribution in [0.1, 0.15) is 21.5 Å². The van der Waals surface area contributed by atoms with Crippen molar-refractivity contribution in [2.45, 2.75) is 19.6 Å².